The molecule has 11 N–H and O–H groups in total. The van der Waals surface area contributed by atoms with Gasteiger partial charge in [-0.3, -0.25) is 27.7 Å². The van der Waals surface area contributed by atoms with Gasteiger partial charge in [0.15, 0.2) is 17.7 Å². The van der Waals surface area contributed by atoms with E-state index in [1.807, 2.05) is 30.3 Å². The van der Waals surface area contributed by atoms with Crippen LogP contribution in [0.3, 0.4) is 0 Å². The minimum Gasteiger partial charge on any atom is -0.478 e. The first kappa shape index (κ1) is 49.7. The summed E-state index contributed by atoms with van der Waals surface area (Å²) in [7, 11) is -16.3. The molecule has 3 aromatic rings. The monoisotopic (exact) mass is 915 g/mol. The summed E-state index contributed by atoms with van der Waals surface area (Å²) in [6, 6.07) is 9.31. The van der Waals surface area contributed by atoms with Crippen LogP contribution in [0.15, 0.2) is 49.1 Å². The summed E-state index contributed by atoms with van der Waals surface area (Å²) in [5.41, 5.74) is 5.20. The van der Waals surface area contributed by atoms with Crippen molar-refractivity contribution in [1.82, 2.24) is 30.2 Å². The van der Waals surface area contributed by atoms with E-state index in [0.717, 1.165) is 28.9 Å². The third kappa shape index (κ3) is 16.0. The lowest BCUT2D eigenvalue weighted by atomic mass is 9.87. The van der Waals surface area contributed by atoms with Crippen LogP contribution < -0.4 is 16.4 Å². The number of imidazole rings is 1. The lowest BCUT2D eigenvalue weighted by molar-refractivity contribution is -0.137. The Hall–Kier alpha value is -3.68. The van der Waals surface area contributed by atoms with E-state index >= 15 is 0 Å². The molecule has 29 heteroatoms. The van der Waals surface area contributed by atoms with Crippen LogP contribution in [0.2, 0.25) is 0 Å². The summed E-state index contributed by atoms with van der Waals surface area (Å²) in [4.78, 5) is 84.7. The highest BCUT2D eigenvalue weighted by Crippen LogP contribution is 2.61. The second-order valence-electron chi connectivity index (χ2n) is 12.9. The second kappa shape index (κ2) is 21.7. The molecule has 1 aliphatic heterocycles. The number of carbonyl (C=O) groups excluding carboxylic acids is 2. The van der Waals surface area contributed by atoms with E-state index in [1.165, 1.54) is 13.8 Å². The Labute approximate surface area is 340 Å². The van der Waals surface area contributed by atoms with Crippen LogP contribution in [0, 0.1) is 5.41 Å². The number of hydrogen-bond donors (Lipinski definition) is 11. The molecule has 25 nitrogen and oxygen atoms in total. The van der Waals surface area contributed by atoms with Gasteiger partial charge in [0, 0.05) is 36.8 Å². The number of thiol groups is 1. The quantitative estimate of drug-likeness (QED) is 0.0407. The fourth-order valence-corrected chi connectivity index (χ4v) is 7.81. The first-order chi connectivity index (χ1) is 27.4. The van der Waals surface area contributed by atoms with Gasteiger partial charge in [-0.1, -0.05) is 44.2 Å². The molecule has 4 rings (SSSR count). The van der Waals surface area contributed by atoms with Crippen LogP contribution in [0.1, 0.15) is 32.1 Å². The van der Waals surface area contributed by atoms with Crippen molar-refractivity contribution in [1.29, 1.82) is 0 Å². The number of nitrogens with one attached hydrogen (secondary N) is 2. The summed E-state index contributed by atoms with van der Waals surface area (Å²) in [6.07, 6.45) is -4.06. The number of aliphatic hydroxyl groups excluding tert-OH is 2. The highest BCUT2D eigenvalue weighted by Gasteiger charge is 2.50. The number of ether oxygens (including phenoxy) is 1. The molecule has 0 bridgehead atoms. The number of phosphoric ester groups is 3. The standard InChI is InChI=1S/C21H36N7O16P3S.C9H8O2/c1-21(2,16(31)19(32)24-4-3-12(29)23-5-6-48)8-41-47(38,39)44-46(36,37)40-7-11-15(43-45(33,34)35)14(30)20(42-11)28-10-27-13-17(22)25-9-26-18(13)28;10-9(11)7-6-8-4-2-1-3-5-8/h9-11,14-16,20,30-31,48H,3-8H2,1-2H3,(H,23,29)(H,24,32)(H,36,37)(H,38,39)(H2,22,25,26)(H2,33,34,35);1-7H,(H,10,11)/t11-,14-,15-,16+,20-;/m1./s1. The van der Waals surface area contributed by atoms with Crippen molar-refractivity contribution in [3.8, 4) is 0 Å². The van der Waals surface area contributed by atoms with Gasteiger partial charge in [0.25, 0.3) is 0 Å². The van der Waals surface area contributed by atoms with E-state index < -0.39 is 84.6 Å². The molecule has 1 aromatic carbocycles. The summed E-state index contributed by atoms with van der Waals surface area (Å²) in [5, 5.41) is 34.4. The predicted molar refractivity (Wildman–Crippen MR) is 207 cm³/mol. The number of nitrogen functional groups attached to an aromatic ring is 1. The van der Waals surface area contributed by atoms with Gasteiger partial charge in [-0.15, -0.1) is 0 Å². The van der Waals surface area contributed by atoms with Crippen molar-refractivity contribution >= 4 is 76.9 Å². The molecular formula is C30H44N7O18P3S. The summed E-state index contributed by atoms with van der Waals surface area (Å²) >= 11 is 3.95. The minimum absolute atomic E-state index is 0.0363. The zero-order chi connectivity index (χ0) is 44.2. The Morgan fingerprint density at radius 3 is 2.32 bits per heavy atom. The molecule has 2 unspecified atom stereocenters. The first-order valence-corrected chi connectivity index (χ1v) is 22.1. The molecule has 1 saturated heterocycles. The van der Waals surface area contributed by atoms with Crippen LogP contribution in [0.5, 0.6) is 0 Å². The lowest BCUT2D eigenvalue weighted by Crippen LogP contribution is -2.46. The smallest absolute Gasteiger partial charge is 0.478 e. The lowest BCUT2D eigenvalue weighted by Gasteiger charge is -2.30. The molecule has 2 amide bonds. The average Bonchev–Trinajstić information content (AvgIpc) is 3.71. The third-order valence-electron chi connectivity index (χ3n) is 7.73. The number of aromatic nitrogens is 4. The molecule has 3 heterocycles. The van der Waals surface area contributed by atoms with Gasteiger partial charge >= 0.3 is 29.4 Å². The van der Waals surface area contributed by atoms with E-state index in [4.69, 9.17) is 24.6 Å². The zero-order valence-electron chi connectivity index (χ0n) is 31.1. The Morgan fingerprint density at radius 1 is 1.03 bits per heavy atom. The molecular weight excluding hydrogens is 871 g/mol. The first-order valence-electron chi connectivity index (χ1n) is 16.9. The van der Waals surface area contributed by atoms with Crippen LogP contribution in [0.25, 0.3) is 17.2 Å². The van der Waals surface area contributed by atoms with Crippen LogP contribution in [-0.4, -0.2) is 129 Å². The second-order valence-corrected chi connectivity index (χ2v) is 17.6. The van der Waals surface area contributed by atoms with E-state index in [2.05, 4.69) is 47.0 Å². The van der Waals surface area contributed by atoms with Gasteiger partial charge in [-0.2, -0.15) is 16.9 Å². The number of fused-ring (bicyclic) bond motifs is 1. The molecule has 0 aliphatic carbocycles. The Kier molecular flexibility index (Phi) is 18.3. The van der Waals surface area contributed by atoms with Crippen LogP contribution in [0.4, 0.5) is 5.82 Å². The van der Waals surface area contributed by atoms with Gasteiger partial charge < -0.3 is 56.0 Å². The summed E-state index contributed by atoms with van der Waals surface area (Å²) in [6.45, 7) is 0.723. The molecule has 1 aliphatic rings. The molecule has 2 aromatic heterocycles. The maximum Gasteiger partial charge on any atom is 0.481 e. The summed E-state index contributed by atoms with van der Waals surface area (Å²) in [5.74, 6) is -1.87. The fraction of sp³-hybridized carbons (Fsp3) is 0.467. The van der Waals surface area contributed by atoms with Gasteiger partial charge in [-0.05, 0) is 11.6 Å². The number of hydrogen-bond acceptors (Lipinski definition) is 18. The van der Waals surface area contributed by atoms with Crippen molar-refractivity contribution in [2.75, 3.05) is 37.8 Å². The Bertz CT molecular complexity index is 2070. The van der Waals surface area contributed by atoms with E-state index in [1.54, 1.807) is 6.08 Å². The van der Waals surface area contributed by atoms with Gasteiger partial charge in [0.1, 0.15) is 36.3 Å². The van der Waals surface area contributed by atoms with Crippen LogP contribution >= 0.6 is 36.1 Å². The largest absolute Gasteiger partial charge is 0.481 e. The van der Waals surface area contributed by atoms with Gasteiger partial charge in [-0.25, -0.2) is 33.4 Å². The molecule has 7 atom stereocenters. The molecule has 0 radical (unpaired) electrons. The SMILES string of the molecule is CC(C)(COP(=O)(O)OP(=O)(O)OC[C@H]1O[C@@H](n2cnc3c(N)ncnc32)[C@H](O)[C@@H]1OP(=O)(O)O)[C@@H](O)C(=O)NCCC(=O)NCCS.O=C(O)C=Cc1ccccc1. The summed E-state index contributed by atoms with van der Waals surface area (Å²) < 4.78 is 61.7. The highest BCUT2D eigenvalue weighted by molar-refractivity contribution is 7.80. The molecule has 1 fully saturated rings. The average molecular weight is 916 g/mol. The number of nitrogens with zero attached hydrogens (tertiary/aromatic N) is 4. The van der Waals surface area contributed by atoms with Crippen molar-refractivity contribution < 1.29 is 85.6 Å². The molecule has 0 spiro atoms. The number of carboxylic acid groups (broad SMARTS) is 1. The van der Waals surface area contributed by atoms with Gasteiger partial charge in [0.05, 0.1) is 19.5 Å². The zero-order valence-corrected chi connectivity index (χ0v) is 34.7. The fourth-order valence-electron chi connectivity index (χ4n) is 4.87. The number of amides is 2. The number of aliphatic carboxylic acids is 1. The number of phosphoric acid groups is 3. The molecule has 59 heavy (non-hydrogen) atoms. The molecule has 328 valence electrons. The van der Waals surface area contributed by atoms with Crippen molar-refractivity contribution in [3.05, 3.63) is 54.6 Å². The number of aliphatic hydroxyl groups is 2. The van der Waals surface area contributed by atoms with Crippen molar-refractivity contribution in [3.63, 3.8) is 0 Å². The highest BCUT2D eigenvalue weighted by atomic mass is 32.1. The van der Waals surface area contributed by atoms with Crippen molar-refractivity contribution in [2.24, 2.45) is 5.41 Å². The number of nitrogens with two attached hydrogens (primary N) is 1. The number of carbonyl (C=O) groups is 3. The number of anilines is 1. The third-order valence-corrected chi connectivity index (χ3v) is 11.1. The maximum atomic E-state index is 12.6. The Balaban J connectivity index is 0.000000728. The van der Waals surface area contributed by atoms with E-state index in [-0.39, 0.29) is 35.9 Å². The number of rotatable bonds is 20. The molecule has 0 saturated carbocycles. The maximum absolute atomic E-state index is 12.6. The normalized spacial score (nSPS) is 20.9. The van der Waals surface area contributed by atoms with Gasteiger partial charge in [0.2, 0.25) is 11.8 Å². The minimum atomic E-state index is -5.54. The number of carboxylic acids is 1. The topological polar surface area (TPSA) is 384 Å². The number of benzene rings is 1. The van der Waals surface area contributed by atoms with Crippen LogP contribution in [-0.2, 0) is 50.7 Å². The predicted octanol–water partition coefficient (Wildman–Crippen LogP) is 0.119. The van der Waals surface area contributed by atoms with Crippen molar-refractivity contribution in [2.45, 2.75) is 50.9 Å². The Morgan fingerprint density at radius 2 is 1.69 bits per heavy atom. The van der Waals surface area contributed by atoms with E-state index in [9.17, 15) is 57.9 Å². The van der Waals surface area contributed by atoms with E-state index in [0.29, 0.717) is 12.3 Å².